The van der Waals surface area contributed by atoms with Crippen LogP contribution in [0.4, 0.5) is 0 Å². The van der Waals surface area contributed by atoms with Crippen molar-refractivity contribution in [3.8, 4) is 0 Å². The molecule has 0 aromatic heterocycles. The Morgan fingerprint density at radius 2 is 1.84 bits per heavy atom. The summed E-state index contributed by atoms with van der Waals surface area (Å²) < 4.78 is 5.94. The normalized spacial score (nSPS) is 30.8. The van der Waals surface area contributed by atoms with Crippen LogP contribution < -0.4 is 5.73 Å². The fraction of sp³-hybridized carbons (Fsp3) is 0.647. The van der Waals surface area contributed by atoms with Crippen molar-refractivity contribution in [3.63, 3.8) is 0 Å². The Balaban J connectivity index is 1.88. The van der Waals surface area contributed by atoms with E-state index in [0.717, 1.165) is 25.4 Å². The highest BCUT2D eigenvalue weighted by Crippen LogP contribution is 2.43. The topological polar surface area (TPSA) is 35.2 Å². The van der Waals surface area contributed by atoms with Crippen LogP contribution in [0.15, 0.2) is 12.1 Å². The number of nitrogens with two attached hydrogens (primary N) is 1. The first-order chi connectivity index (χ1) is 8.99. The van der Waals surface area contributed by atoms with Crippen molar-refractivity contribution >= 4 is 0 Å². The molecule has 2 fully saturated rings. The van der Waals surface area contributed by atoms with Gasteiger partial charge >= 0.3 is 0 Å². The maximum Gasteiger partial charge on any atom is 0.0786 e. The van der Waals surface area contributed by atoms with E-state index in [2.05, 4.69) is 32.9 Å². The molecule has 2 unspecified atom stereocenters. The standard InChI is InChI=1S/C17H25NO/c1-11-8-12(2)15(13(3)9-11)10-17(18)6-7-19-16(17)14-4-5-14/h8-9,14,16H,4-7,10,18H2,1-3H3. The van der Waals surface area contributed by atoms with Gasteiger partial charge < -0.3 is 10.5 Å². The summed E-state index contributed by atoms with van der Waals surface area (Å²) in [4.78, 5) is 0. The van der Waals surface area contributed by atoms with Gasteiger partial charge in [0.15, 0.2) is 0 Å². The van der Waals surface area contributed by atoms with Crippen LogP contribution in [0.1, 0.15) is 41.5 Å². The molecule has 2 N–H and O–H groups in total. The summed E-state index contributed by atoms with van der Waals surface area (Å²) in [5.74, 6) is 0.721. The van der Waals surface area contributed by atoms with E-state index in [-0.39, 0.29) is 11.6 Å². The minimum absolute atomic E-state index is 0.147. The summed E-state index contributed by atoms with van der Waals surface area (Å²) in [6, 6.07) is 4.54. The van der Waals surface area contributed by atoms with Crippen molar-refractivity contribution in [2.24, 2.45) is 11.7 Å². The monoisotopic (exact) mass is 259 g/mol. The Hall–Kier alpha value is -0.860. The summed E-state index contributed by atoms with van der Waals surface area (Å²) in [7, 11) is 0. The fourth-order valence-electron chi connectivity index (χ4n) is 3.70. The van der Waals surface area contributed by atoms with Crippen molar-refractivity contribution in [1.29, 1.82) is 0 Å². The molecule has 1 heterocycles. The Labute approximate surface area is 116 Å². The van der Waals surface area contributed by atoms with E-state index in [9.17, 15) is 0 Å². The number of benzene rings is 1. The van der Waals surface area contributed by atoms with Gasteiger partial charge in [-0.2, -0.15) is 0 Å². The zero-order valence-electron chi connectivity index (χ0n) is 12.3. The molecule has 104 valence electrons. The highest BCUT2D eigenvalue weighted by atomic mass is 16.5. The lowest BCUT2D eigenvalue weighted by atomic mass is 9.80. The van der Waals surface area contributed by atoms with Gasteiger partial charge in [0.2, 0.25) is 0 Å². The van der Waals surface area contributed by atoms with E-state index in [4.69, 9.17) is 10.5 Å². The van der Waals surface area contributed by atoms with Crippen molar-refractivity contribution < 1.29 is 4.74 Å². The molecule has 0 spiro atoms. The molecular weight excluding hydrogens is 234 g/mol. The number of rotatable bonds is 3. The second-order valence-corrected chi connectivity index (χ2v) is 6.67. The molecule has 0 amide bonds. The molecule has 19 heavy (non-hydrogen) atoms. The largest absolute Gasteiger partial charge is 0.376 e. The minimum atomic E-state index is -0.147. The molecule has 1 aromatic carbocycles. The van der Waals surface area contributed by atoms with Gasteiger partial charge in [-0.05, 0) is 69.1 Å². The van der Waals surface area contributed by atoms with Crippen LogP contribution in [0.2, 0.25) is 0 Å². The van der Waals surface area contributed by atoms with E-state index < -0.39 is 0 Å². The van der Waals surface area contributed by atoms with Crippen molar-refractivity contribution in [1.82, 2.24) is 0 Å². The molecule has 2 heteroatoms. The summed E-state index contributed by atoms with van der Waals surface area (Å²) in [6.45, 7) is 7.41. The molecule has 2 aliphatic rings. The van der Waals surface area contributed by atoms with Crippen LogP contribution in [0.5, 0.6) is 0 Å². The number of hydrogen-bond donors (Lipinski definition) is 1. The van der Waals surface area contributed by atoms with Gasteiger partial charge in [-0.25, -0.2) is 0 Å². The third-order valence-corrected chi connectivity index (χ3v) is 4.83. The molecule has 2 atom stereocenters. The van der Waals surface area contributed by atoms with Crippen LogP contribution in [-0.2, 0) is 11.2 Å². The van der Waals surface area contributed by atoms with Gasteiger partial charge in [0, 0.05) is 12.1 Å². The van der Waals surface area contributed by atoms with E-state index >= 15 is 0 Å². The second-order valence-electron chi connectivity index (χ2n) is 6.67. The van der Waals surface area contributed by atoms with E-state index in [1.165, 1.54) is 35.1 Å². The van der Waals surface area contributed by atoms with Gasteiger partial charge in [-0.1, -0.05) is 17.7 Å². The number of aryl methyl sites for hydroxylation is 3. The summed E-state index contributed by atoms with van der Waals surface area (Å²) in [5, 5.41) is 0. The summed E-state index contributed by atoms with van der Waals surface area (Å²) >= 11 is 0. The zero-order valence-corrected chi connectivity index (χ0v) is 12.3. The lowest BCUT2D eigenvalue weighted by Crippen LogP contribution is -2.50. The number of hydrogen-bond acceptors (Lipinski definition) is 2. The average Bonchev–Trinajstić information content (AvgIpc) is 3.08. The molecular formula is C17H25NO. The molecule has 1 aromatic rings. The lowest BCUT2D eigenvalue weighted by molar-refractivity contribution is 0.0626. The smallest absolute Gasteiger partial charge is 0.0786 e. The molecule has 0 radical (unpaired) electrons. The van der Waals surface area contributed by atoms with Crippen molar-refractivity contribution in [2.75, 3.05) is 6.61 Å². The third kappa shape index (κ3) is 2.44. The number of ether oxygens (including phenoxy) is 1. The summed E-state index contributed by atoms with van der Waals surface area (Å²) in [5.41, 5.74) is 12.1. The van der Waals surface area contributed by atoms with Crippen LogP contribution in [-0.4, -0.2) is 18.2 Å². The van der Waals surface area contributed by atoms with Crippen LogP contribution >= 0.6 is 0 Å². The quantitative estimate of drug-likeness (QED) is 0.905. The Kier molecular flexibility index (Phi) is 3.18. The average molecular weight is 259 g/mol. The maximum absolute atomic E-state index is 6.73. The predicted octanol–water partition coefficient (Wildman–Crippen LogP) is 3.05. The fourth-order valence-corrected chi connectivity index (χ4v) is 3.70. The van der Waals surface area contributed by atoms with Crippen molar-refractivity contribution in [2.45, 2.75) is 58.1 Å². The van der Waals surface area contributed by atoms with E-state index in [1.54, 1.807) is 0 Å². The predicted molar refractivity (Wildman–Crippen MR) is 78.4 cm³/mol. The van der Waals surface area contributed by atoms with Gasteiger partial charge in [0.25, 0.3) is 0 Å². The molecule has 1 saturated heterocycles. The van der Waals surface area contributed by atoms with Gasteiger partial charge in [-0.15, -0.1) is 0 Å². The first kappa shape index (κ1) is 13.1. The first-order valence-electron chi connectivity index (χ1n) is 7.47. The Morgan fingerprint density at radius 1 is 1.21 bits per heavy atom. The molecule has 0 bridgehead atoms. The zero-order chi connectivity index (χ0) is 13.6. The molecule has 3 rings (SSSR count). The van der Waals surface area contributed by atoms with Crippen LogP contribution in [0, 0.1) is 26.7 Å². The van der Waals surface area contributed by atoms with E-state index in [0.29, 0.717) is 0 Å². The highest BCUT2D eigenvalue weighted by Gasteiger charge is 2.48. The lowest BCUT2D eigenvalue weighted by Gasteiger charge is -2.31. The third-order valence-electron chi connectivity index (χ3n) is 4.83. The maximum atomic E-state index is 6.73. The van der Waals surface area contributed by atoms with Crippen LogP contribution in [0.3, 0.4) is 0 Å². The first-order valence-corrected chi connectivity index (χ1v) is 7.47. The van der Waals surface area contributed by atoms with Crippen molar-refractivity contribution in [3.05, 3.63) is 34.4 Å². The van der Waals surface area contributed by atoms with Crippen LogP contribution in [0.25, 0.3) is 0 Å². The molecule has 1 aliphatic heterocycles. The second kappa shape index (κ2) is 4.60. The Morgan fingerprint density at radius 3 is 2.42 bits per heavy atom. The molecule has 1 saturated carbocycles. The molecule has 1 aliphatic carbocycles. The highest BCUT2D eigenvalue weighted by molar-refractivity contribution is 5.39. The van der Waals surface area contributed by atoms with Gasteiger partial charge in [0.05, 0.1) is 6.10 Å². The van der Waals surface area contributed by atoms with Gasteiger partial charge in [0.1, 0.15) is 0 Å². The minimum Gasteiger partial charge on any atom is -0.376 e. The molecule has 2 nitrogen and oxygen atoms in total. The van der Waals surface area contributed by atoms with E-state index in [1.807, 2.05) is 0 Å². The SMILES string of the molecule is Cc1cc(C)c(CC2(N)CCOC2C2CC2)c(C)c1. The Bertz CT molecular complexity index is 469. The summed E-state index contributed by atoms with van der Waals surface area (Å²) in [6.07, 6.45) is 4.85. The van der Waals surface area contributed by atoms with Gasteiger partial charge in [-0.3, -0.25) is 0 Å².